The predicted octanol–water partition coefficient (Wildman–Crippen LogP) is 4.19. The van der Waals surface area contributed by atoms with Gasteiger partial charge in [0.15, 0.2) is 0 Å². The Labute approximate surface area is 144 Å². The zero-order chi connectivity index (χ0) is 15.4. The molecule has 1 aliphatic rings. The van der Waals surface area contributed by atoms with E-state index in [9.17, 15) is 4.79 Å². The van der Waals surface area contributed by atoms with Crippen LogP contribution in [0.5, 0.6) is 0 Å². The molecule has 3 unspecified atom stereocenters. The average molecular weight is 345 g/mol. The summed E-state index contributed by atoms with van der Waals surface area (Å²) in [4.78, 5) is 14.3. The topological polar surface area (TPSA) is 46.3 Å². The van der Waals surface area contributed by atoms with Crippen LogP contribution in [0.2, 0.25) is 5.02 Å². The van der Waals surface area contributed by atoms with Crippen LogP contribution >= 0.6 is 24.0 Å². The van der Waals surface area contributed by atoms with Crippen LogP contribution in [0, 0.1) is 5.92 Å². The van der Waals surface area contributed by atoms with Gasteiger partial charge in [0.2, 0.25) is 5.91 Å². The van der Waals surface area contributed by atoms with Crippen molar-refractivity contribution in [2.75, 3.05) is 7.05 Å². The highest BCUT2D eigenvalue weighted by molar-refractivity contribution is 6.30. The van der Waals surface area contributed by atoms with Gasteiger partial charge < -0.3 is 10.6 Å². The van der Waals surface area contributed by atoms with Crippen molar-refractivity contribution in [2.24, 2.45) is 11.7 Å². The predicted molar refractivity (Wildman–Crippen MR) is 94.4 cm³/mol. The molecule has 0 bridgehead atoms. The van der Waals surface area contributed by atoms with E-state index in [1.807, 2.05) is 43.1 Å². The number of halogens is 2. The SMILES string of the molecule is CC(c1cccc(Cl)c1)N(C)C(=O)CC1CCCCC1N.Cl. The lowest BCUT2D eigenvalue weighted by atomic mass is 9.82. The minimum atomic E-state index is 0. The Hall–Kier alpha value is -0.770. The number of carbonyl (C=O) groups excluding carboxylic acids is 1. The fraction of sp³-hybridized carbons (Fsp3) is 0.588. The van der Waals surface area contributed by atoms with Gasteiger partial charge >= 0.3 is 0 Å². The van der Waals surface area contributed by atoms with Crippen molar-refractivity contribution in [3.8, 4) is 0 Å². The molecular weight excluding hydrogens is 319 g/mol. The van der Waals surface area contributed by atoms with E-state index in [4.69, 9.17) is 17.3 Å². The van der Waals surface area contributed by atoms with Crippen molar-refractivity contribution in [2.45, 2.75) is 51.1 Å². The first-order chi connectivity index (χ1) is 9.99. The van der Waals surface area contributed by atoms with Gasteiger partial charge in [-0.15, -0.1) is 12.4 Å². The maximum absolute atomic E-state index is 12.5. The maximum Gasteiger partial charge on any atom is 0.223 e. The lowest BCUT2D eigenvalue weighted by Crippen LogP contribution is -2.38. The van der Waals surface area contributed by atoms with E-state index in [0.29, 0.717) is 17.4 Å². The molecule has 0 radical (unpaired) electrons. The van der Waals surface area contributed by atoms with Gasteiger partial charge in [-0.05, 0) is 43.4 Å². The number of amides is 1. The number of benzene rings is 1. The van der Waals surface area contributed by atoms with Gasteiger partial charge in [-0.2, -0.15) is 0 Å². The Morgan fingerprint density at radius 3 is 2.73 bits per heavy atom. The van der Waals surface area contributed by atoms with Crippen LogP contribution in [0.1, 0.15) is 50.6 Å². The molecule has 1 saturated carbocycles. The first-order valence-electron chi connectivity index (χ1n) is 7.75. The van der Waals surface area contributed by atoms with E-state index < -0.39 is 0 Å². The molecule has 22 heavy (non-hydrogen) atoms. The highest BCUT2D eigenvalue weighted by Gasteiger charge is 2.27. The van der Waals surface area contributed by atoms with Crippen molar-refractivity contribution in [1.82, 2.24) is 4.90 Å². The Balaban J connectivity index is 0.00000242. The third-order valence-electron chi connectivity index (χ3n) is 4.71. The lowest BCUT2D eigenvalue weighted by molar-refractivity contribution is -0.133. The van der Waals surface area contributed by atoms with E-state index in [-0.39, 0.29) is 30.4 Å². The van der Waals surface area contributed by atoms with Crippen molar-refractivity contribution in [3.63, 3.8) is 0 Å². The molecule has 124 valence electrons. The van der Waals surface area contributed by atoms with Crippen LogP contribution in [0.3, 0.4) is 0 Å². The van der Waals surface area contributed by atoms with Crippen LogP contribution in [0.4, 0.5) is 0 Å². The van der Waals surface area contributed by atoms with E-state index >= 15 is 0 Å². The van der Waals surface area contributed by atoms with Crippen LogP contribution < -0.4 is 5.73 Å². The van der Waals surface area contributed by atoms with Crippen molar-refractivity contribution < 1.29 is 4.79 Å². The molecule has 2 rings (SSSR count). The van der Waals surface area contributed by atoms with Gasteiger partial charge in [0.25, 0.3) is 0 Å². The van der Waals surface area contributed by atoms with E-state index in [1.165, 1.54) is 12.8 Å². The van der Waals surface area contributed by atoms with Gasteiger partial charge in [0.1, 0.15) is 0 Å². The second-order valence-electron chi connectivity index (χ2n) is 6.15. The summed E-state index contributed by atoms with van der Waals surface area (Å²) in [5, 5.41) is 0.703. The fourth-order valence-electron chi connectivity index (χ4n) is 3.06. The summed E-state index contributed by atoms with van der Waals surface area (Å²) >= 11 is 6.03. The van der Waals surface area contributed by atoms with Gasteiger partial charge in [-0.25, -0.2) is 0 Å². The van der Waals surface area contributed by atoms with E-state index in [0.717, 1.165) is 18.4 Å². The summed E-state index contributed by atoms with van der Waals surface area (Å²) in [7, 11) is 1.86. The zero-order valence-corrected chi connectivity index (χ0v) is 14.9. The van der Waals surface area contributed by atoms with Gasteiger partial charge in [0.05, 0.1) is 6.04 Å². The Kier molecular flexibility index (Phi) is 7.67. The number of hydrogen-bond acceptors (Lipinski definition) is 2. The average Bonchev–Trinajstić information content (AvgIpc) is 2.48. The number of carbonyl (C=O) groups is 1. The molecule has 1 aromatic carbocycles. The van der Waals surface area contributed by atoms with Crippen molar-refractivity contribution in [3.05, 3.63) is 34.9 Å². The van der Waals surface area contributed by atoms with Crippen LogP contribution in [-0.2, 0) is 4.79 Å². The third kappa shape index (κ3) is 4.87. The summed E-state index contributed by atoms with van der Waals surface area (Å²) in [6.45, 7) is 2.03. The van der Waals surface area contributed by atoms with Gasteiger partial charge in [-0.1, -0.05) is 36.6 Å². The first-order valence-corrected chi connectivity index (χ1v) is 8.13. The van der Waals surface area contributed by atoms with E-state index in [2.05, 4.69) is 0 Å². The molecule has 1 fully saturated rings. The van der Waals surface area contributed by atoms with Crippen molar-refractivity contribution in [1.29, 1.82) is 0 Å². The summed E-state index contributed by atoms with van der Waals surface area (Å²) in [6.07, 6.45) is 5.07. The second-order valence-corrected chi connectivity index (χ2v) is 6.58. The molecule has 1 aromatic rings. The Morgan fingerprint density at radius 2 is 2.09 bits per heavy atom. The lowest BCUT2D eigenvalue weighted by Gasteiger charge is -2.31. The molecule has 3 nitrogen and oxygen atoms in total. The van der Waals surface area contributed by atoms with Gasteiger partial charge in [0, 0.05) is 24.5 Å². The monoisotopic (exact) mass is 344 g/mol. The highest BCUT2D eigenvalue weighted by Crippen LogP contribution is 2.28. The maximum atomic E-state index is 12.5. The molecule has 0 heterocycles. The molecule has 3 atom stereocenters. The normalized spacial score (nSPS) is 22.5. The van der Waals surface area contributed by atoms with Gasteiger partial charge in [-0.3, -0.25) is 4.79 Å². The molecule has 0 aliphatic heterocycles. The molecule has 0 saturated heterocycles. The Bertz CT molecular complexity index is 495. The molecule has 0 spiro atoms. The standard InChI is InChI=1S/C17H25ClN2O.ClH/c1-12(13-7-5-8-15(18)10-13)20(2)17(21)11-14-6-3-4-9-16(14)19;/h5,7-8,10,12,14,16H,3-4,6,9,11,19H2,1-2H3;1H. The molecule has 2 N–H and O–H groups in total. The number of rotatable bonds is 4. The molecule has 0 aromatic heterocycles. The molecule has 1 aliphatic carbocycles. The Morgan fingerprint density at radius 1 is 1.41 bits per heavy atom. The second kappa shape index (κ2) is 8.76. The summed E-state index contributed by atoms with van der Waals surface area (Å²) in [6, 6.07) is 7.90. The number of hydrogen-bond donors (Lipinski definition) is 1. The minimum Gasteiger partial charge on any atom is -0.339 e. The first kappa shape index (κ1) is 19.3. The van der Waals surface area contributed by atoms with Crippen LogP contribution in [0.15, 0.2) is 24.3 Å². The zero-order valence-electron chi connectivity index (χ0n) is 13.3. The quantitative estimate of drug-likeness (QED) is 0.889. The number of nitrogens with two attached hydrogens (primary N) is 1. The number of nitrogens with zero attached hydrogens (tertiary/aromatic N) is 1. The van der Waals surface area contributed by atoms with Crippen LogP contribution in [-0.4, -0.2) is 23.9 Å². The molecule has 5 heteroatoms. The summed E-state index contributed by atoms with van der Waals surface area (Å²) < 4.78 is 0. The highest BCUT2D eigenvalue weighted by atomic mass is 35.5. The molecular formula is C17H26Cl2N2O. The fourth-order valence-corrected chi connectivity index (χ4v) is 3.26. The molecule has 1 amide bonds. The van der Waals surface area contributed by atoms with Crippen molar-refractivity contribution >= 4 is 29.9 Å². The van der Waals surface area contributed by atoms with E-state index in [1.54, 1.807) is 0 Å². The van der Waals surface area contributed by atoms with Crippen LogP contribution in [0.25, 0.3) is 0 Å². The minimum absolute atomic E-state index is 0. The summed E-state index contributed by atoms with van der Waals surface area (Å²) in [5.74, 6) is 0.505. The smallest absolute Gasteiger partial charge is 0.223 e. The summed E-state index contributed by atoms with van der Waals surface area (Å²) in [5.41, 5.74) is 7.21. The largest absolute Gasteiger partial charge is 0.339 e. The third-order valence-corrected chi connectivity index (χ3v) is 4.95.